The van der Waals surface area contributed by atoms with E-state index in [0.29, 0.717) is 5.56 Å². The molecule has 0 aliphatic carbocycles. The highest BCUT2D eigenvalue weighted by molar-refractivity contribution is 9.10. The maximum atomic E-state index is 11.4. The van der Waals surface area contributed by atoms with Gasteiger partial charge < -0.3 is 4.74 Å². The van der Waals surface area contributed by atoms with Gasteiger partial charge in [-0.2, -0.15) is 0 Å². The molecule has 0 aliphatic heterocycles. The summed E-state index contributed by atoms with van der Waals surface area (Å²) in [6.07, 6.45) is 4.59. The molecule has 1 rings (SSSR count). The van der Waals surface area contributed by atoms with E-state index in [-0.39, 0.29) is 0 Å². The number of ether oxygens (including phenoxy) is 1. The monoisotopic (exact) mass is 252 g/mol. The Morgan fingerprint density at radius 3 is 2.57 bits per heavy atom. The van der Waals surface area contributed by atoms with E-state index in [2.05, 4.69) is 21.9 Å². The molecule has 0 aliphatic rings. The third-order valence-corrected chi connectivity index (χ3v) is 2.13. The van der Waals surface area contributed by atoms with E-state index in [0.717, 1.165) is 4.47 Å². The van der Waals surface area contributed by atoms with Gasteiger partial charge in [0, 0.05) is 4.47 Å². The minimum Gasteiger partial charge on any atom is -0.446 e. The quantitative estimate of drug-likeness (QED) is 0.598. The molecule has 0 bridgehead atoms. The number of hydrogen-bond acceptors (Lipinski definition) is 2. The summed E-state index contributed by atoms with van der Waals surface area (Å²) in [7, 11) is 0. The molecule has 0 aromatic heterocycles. The largest absolute Gasteiger partial charge is 0.446 e. The second-order valence-corrected chi connectivity index (χ2v) is 3.64. The third kappa shape index (κ3) is 2.90. The average molecular weight is 253 g/mol. The first-order chi connectivity index (χ1) is 6.63. The van der Waals surface area contributed by atoms with Crippen LogP contribution in [0.15, 0.2) is 28.7 Å². The number of carbonyl (C=O) groups excluding carboxylic acids is 1. The van der Waals surface area contributed by atoms with Gasteiger partial charge in [0.2, 0.25) is 0 Å². The topological polar surface area (TPSA) is 26.3 Å². The summed E-state index contributed by atoms with van der Waals surface area (Å²) in [4.78, 5) is 11.4. The molecule has 1 aromatic rings. The van der Waals surface area contributed by atoms with Gasteiger partial charge in [-0.05, 0) is 31.2 Å². The Kier molecular flexibility index (Phi) is 3.73. The molecule has 0 N–H and O–H groups in total. The summed E-state index contributed by atoms with van der Waals surface area (Å²) < 4.78 is 5.85. The van der Waals surface area contributed by atoms with Crippen LogP contribution in [0.2, 0.25) is 0 Å². The molecule has 1 unspecified atom stereocenters. The molecule has 0 radical (unpaired) electrons. The summed E-state index contributed by atoms with van der Waals surface area (Å²) in [6.45, 7) is 1.65. The molecule has 2 nitrogen and oxygen atoms in total. The van der Waals surface area contributed by atoms with Crippen molar-refractivity contribution in [2.45, 2.75) is 13.0 Å². The number of carbonyl (C=O) groups is 1. The second-order valence-electron chi connectivity index (χ2n) is 2.72. The highest BCUT2D eigenvalue weighted by atomic mass is 79.9. The van der Waals surface area contributed by atoms with Gasteiger partial charge in [-0.25, -0.2) is 4.79 Å². The van der Waals surface area contributed by atoms with Crippen LogP contribution in [0.3, 0.4) is 0 Å². The first-order valence-electron chi connectivity index (χ1n) is 4.06. The first-order valence-corrected chi connectivity index (χ1v) is 4.85. The summed E-state index contributed by atoms with van der Waals surface area (Å²) in [5.74, 6) is 1.92. The molecule has 0 spiro atoms. The predicted octanol–water partition coefficient (Wildman–Crippen LogP) is 2.63. The van der Waals surface area contributed by atoms with Crippen molar-refractivity contribution in [3.05, 3.63) is 34.3 Å². The lowest BCUT2D eigenvalue weighted by atomic mass is 10.2. The number of benzene rings is 1. The van der Waals surface area contributed by atoms with Gasteiger partial charge in [-0.1, -0.05) is 21.9 Å². The van der Waals surface area contributed by atoms with E-state index >= 15 is 0 Å². The van der Waals surface area contributed by atoms with Crippen molar-refractivity contribution in [2.75, 3.05) is 0 Å². The minimum absolute atomic E-state index is 0.400. The third-order valence-electron chi connectivity index (χ3n) is 1.60. The molecule has 0 heterocycles. The van der Waals surface area contributed by atoms with Crippen molar-refractivity contribution in [3.63, 3.8) is 0 Å². The Morgan fingerprint density at radius 1 is 1.50 bits per heavy atom. The number of esters is 1. The van der Waals surface area contributed by atoms with Crippen LogP contribution < -0.4 is 0 Å². The fraction of sp³-hybridized carbons (Fsp3) is 0.182. The lowest BCUT2D eigenvalue weighted by Gasteiger charge is -2.06. The highest BCUT2D eigenvalue weighted by Crippen LogP contribution is 2.11. The maximum Gasteiger partial charge on any atom is 0.339 e. The molecule has 0 fully saturated rings. The van der Waals surface area contributed by atoms with Gasteiger partial charge in [0.05, 0.1) is 5.56 Å². The van der Waals surface area contributed by atoms with Crippen molar-refractivity contribution in [2.24, 2.45) is 0 Å². The Morgan fingerprint density at radius 2 is 2.07 bits per heavy atom. The Balaban J connectivity index is 2.71. The molecule has 1 atom stereocenters. The summed E-state index contributed by atoms with van der Waals surface area (Å²) in [5.41, 5.74) is 0.496. The SMILES string of the molecule is C#CC(C)OC(=O)c1ccc(Br)cc1. The minimum atomic E-state index is -0.494. The van der Waals surface area contributed by atoms with E-state index in [4.69, 9.17) is 11.2 Å². The van der Waals surface area contributed by atoms with E-state index in [1.165, 1.54) is 0 Å². The van der Waals surface area contributed by atoms with Crippen LogP contribution in [0.25, 0.3) is 0 Å². The molecule has 0 saturated carbocycles. The van der Waals surface area contributed by atoms with Crippen LogP contribution in [-0.2, 0) is 4.74 Å². The van der Waals surface area contributed by atoms with Crippen molar-refractivity contribution in [1.29, 1.82) is 0 Å². The summed E-state index contributed by atoms with van der Waals surface area (Å²) in [6, 6.07) is 6.90. The van der Waals surface area contributed by atoms with Crippen LogP contribution in [0, 0.1) is 12.3 Å². The van der Waals surface area contributed by atoms with Gasteiger partial charge in [-0.15, -0.1) is 6.42 Å². The molecule has 14 heavy (non-hydrogen) atoms. The molecule has 0 amide bonds. The second kappa shape index (κ2) is 4.83. The lowest BCUT2D eigenvalue weighted by molar-refractivity contribution is 0.0439. The van der Waals surface area contributed by atoms with Gasteiger partial charge in [0.15, 0.2) is 6.10 Å². The molecule has 0 saturated heterocycles. The fourth-order valence-electron chi connectivity index (χ4n) is 0.849. The van der Waals surface area contributed by atoms with Crippen LogP contribution in [0.4, 0.5) is 0 Å². The van der Waals surface area contributed by atoms with Crippen molar-refractivity contribution >= 4 is 21.9 Å². The highest BCUT2D eigenvalue weighted by Gasteiger charge is 2.09. The maximum absolute atomic E-state index is 11.4. The molecule has 1 aromatic carbocycles. The van der Waals surface area contributed by atoms with Crippen LogP contribution in [-0.4, -0.2) is 12.1 Å². The summed E-state index contributed by atoms with van der Waals surface area (Å²) >= 11 is 3.27. The zero-order chi connectivity index (χ0) is 10.6. The smallest absolute Gasteiger partial charge is 0.339 e. The Bertz CT molecular complexity index is 362. The molecular weight excluding hydrogens is 244 g/mol. The van der Waals surface area contributed by atoms with Crippen molar-refractivity contribution in [1.82, 2.24) is 0 Å². The van der Waals surface area contributed by atoms with Crippen LogP contribution in [0.5, 0.6) is 0 Å². The number of rotatable bonds is 2. The van der Waals surface area contributed by atoms with Gasteiger partial charge in [-0.3, -0.25) is 0 Å². The van der Waals surface area contributed by atoms with E-state index < -0.39 is 12.1 Å². The zero-order valence-corrected chi connectivity index (χ0v) is 9.24. The predicted molar refractivity (Wildman–Crippen MR) is 57.9 cm³/mol. The molecule has 72 valence electrons. The van der Waals surface area contributed by atoms with Crippen molar-refractivity contribution < 1.29 is 9.53 Å². The number of halogens is 1. The first kappa shape index (κ1) is 10.8. The average Bonchev–Trinajstić information content (AvgIpc) is 2.18. The molecular formula is C11H9BrO2. The van der Waals surface area contributed by atoms with Gasteiger partial charge in [0.25, 0.3) is 0 Å². The van der Waals surface area contributed by atoms with Gasteiger partial charge in [0.1, 0.15) is 0 Å². The standard InChI is InChI=1S/C11H9BrO2/c1-3-8(2)14-11(13)9-4-6-10(12)7-5-9/h1,4-8H,2H3. The number of terminal acetylenes is 1. The fourth-order valence-corrected chi connectivity index (χ4v) is 1.11. The Hall–Kier alpha value is -1.27. The Labute approximate surface area is 91.4 Å². The van der Waals surface area contributed by atoms with Crippen molar-refractivity contribution in [3.8, 4) is 12.3 Å². The zero-order valence-electron chi connectivity index (χ0n) is 7.66. The van der Waals surface area contributed by atoms with Crippen LogP contribution >= 0.6 is 15.9 Å². The van der Waals surface area contributed by atoms with Crippen LogP contribution in [0.1, 0.15) is 17.3 Å². The lowest BCUT2D eigenvalue weighted by Crippen LogP contribution is -2.12. The summed E-state index contributed by atoms with van der Waals surface area (Å²) in [5, 5.41) is 0. The molecule has 3 heteroatoms. The number of hydrogen-bond donors (Lipinski definition) is 0. The van der Waals surface area contributed by atoms with E-state index in [9.17, 15) is 4.79 Å². The van der Waals surface area contributed by atoms with E-state index in [1.807, 2.05) is 0 Å². The van der Waals surface area contributed by atoms with E-state index in [1.54, 1.807) is 31.2 Å². The normalized spacial score (nSPS) is 11.5. The van der Waals surface area contributed by atoms with Gasteiger partial charge >= 0.3 is 5.97 Å².